The Morgan fingerprint density at radius 2 is 1.64 bits per heavy atom. The summed E-state index contributed by atoms with van der Waals surface area (Å²) >= 11 is 0. The van der Waals surface area contributed by atoms with Crippen LogP contribution in [0.5, 0.6) is 0 Å². The highest BCUT2D eigenvalue weighted by atomic mass is 16.5. The van der Waals surface area contributed by atoms with Crippen LogP contribution in [0.1, 0.15) is 17.7 Å². The normalized spacial score (nSPS) is 10.4. The average Bonchev–Trinajstić information content (AvgIpc) is 3.15. The van der Waals surface area contributed by atoms with E-state index in [4.69, 9.17) is 9.15 Å². The van der Waals surface area contributed by atoms with Gasteiger partial charge in [-0.3, -0.25) is 4.79 Å². The predicted molar refractivity (Wildman–Crippen MR) is 91.5 cm³/mol. The van der Waals surface area contributed by atoms with Crippen LogP contribution in [0.15, 0.2) is 71.3 Å². The summed E-state index contributed by atoms with van der Waals surface area (Å²) in [5.74, 6) is -0.349. The molecule has 0 saturated carbocycles. The van der Waals surface area contributed by atoms with E-state index < -0.39 is 11.8 Å². The summed E-state index contributed by atoms with van der Waals surface area (Å²) in [7, 11) is 0. The molecule has 0 aliphatic rings. The molecule has 0 saturated heterocycles. The zero-order valence-electron chi connectivity index (χ0n) is 13.6. The van der Waals surface area contributed by atoms with Crippen molar-refractivity contribution >= 4 is 11.8 Å². The number of hydrogen-bond acceptors (Lipinski definition) is 5. The molecule has 5 heteroatoms. The lowest BCUT2D eigenvalue weighted by molar-refractivity contribution is -0.154. The first-order valence-corrected chi connectivity index (χ1v) is 7.96. The molecule has 0 atom stereocenters. The second kappa shape index (κ2) is 8.06. The largest absolute Gasteiger partial charge is 0.455 e. The van der Waals surface area contributed by atoms with Crippen LogP contribution in [0.4, 0.5) is 0 Å². The molecular weight excluding hydrogens is 318 g/mol. The van der Waals surface area contributed by atoms with Crippen molar-refractivity contribution in [3.8, 4) is 11.5 Å². The monoisotopic (exact) mass is 335 g/mol. The van der Waals surface area contributed by atoms with Crippen LogP contribution in [-0.2, 0) is 27.4 Å². The lowest BCUT2D eigenvalue weighted by Gasteiger charge is -2.03. The third kappa shape index (κ3) is 4.64. The fraction of sp³-hybridized carbons (Fsp3) is 0.150. The molecule has 25 heavy (non-hydrogen) atoms. The van der Waals surface area contributed by atoms with Crippen LogP contribution in [0, 0.1) is 0 Å². The van der Waals surface area contributed by atoms with E-state index >= 15 is 0 Å². The second-order valence-corrected chi connectivity index (χ2v) is 5.48. The van der Waals surface area contributed by atoms with Gasteiger partial charge in [0.2, 0.25) is 11.7 Å². The van der Waals surface area contributed by atoms with Crippen LogP contribution in [0.2, 0.25) is 0 Å². The molecule has 0 unspecified atom stereocenters. The van der Waals surface area contributed by atoms with Crippen molar-refractivity contribution in [1.82, 2.24) is 4.98 Å². The number of rotatable bonds is 7. The highest BCUT2D eigenvalue weighted by molar-refractivity contribution is 6.33. The Bertz CT molecular complexity index is 840. The first-order chi connectivity index (χ1) is 12.2. The second-order valence-electron chi connectivity index (χ2n) is 5.48. The van der Waals surface area contributed by atoms with E-state index in [0.717, 1.165) is 11.1 Å². The summed E-state index contributed by atoms with van der Waals surface area (Å²) < 4.78 is 10.6. The Morgan fingerprint density at radius 3 is 2.36 bits per heavy atom. The number of carbonyl (C=O) groups is 2. The maximum Gasteiger partial charge on any atom is 0.374 e. The molecule has 1 aromatic heterocycles. The highest BCUT2D eigenvalue weighted by Gasteiger charge is 2.17. The maximum atomic E-state index is 11.9. The van der Waals surface area contributed by atoms with Gasteiger partial charge in [-0.2, -0.15) is 0 Å². The van der Waals surface area contributed by atoms with Gasteiger partial charge in [0.15, 0.2) is 0 Å². The maximum absolute atomic E-state index is 11.9. The molecule has 0 aliphatic carbocycles. The number of nitrogens with zero attached hydrogens (tertiary/aromatic N) is 1. The van der Waals surface area contributed by atoms with Gasteiger partial charge in [0.05, 0.1) is 6.20 Å². The first-order valence-electron chi connectivity index (χ1n) is 7.96. The van der Waals surface area contributed by atoms with Crippen LogP contribution in [-0.4, -0.2) is 16.7 Å². The minimum absolute atomic E-state index is 0.0248. The standard InChI is InChI=1S/C20H17NO4/c22-18(20(23)24-14-15-7-3-1-4-8-15)12-11-17-13-21-19(25-17)16-9-5-2-6-10-16/h1-10,13H,11-12,14H2. The number of esters is 1. The fourth-order valence-electron chi connectivity index (χ4n) is 2.28. The molecule has 0 fully saturated rings. The van der Waals surface area contributed by atoms with Crippen molar-refractivity contribution in [3.05, 3.63) is 78.2 Å². The third-order valence-corrected chi connectivity index (χ3v) is 3.61. The summed E-state index contributed by atoms with van der Waals surface area (Å²) in [5, 5.41) is 0. The van der Waals surface area contributed by atoms with Gasteiger partial charge < -0.3 is 9.15 Å². The van der Waals surface area contributed by atoms with Gasteiger partial charge in [-0.15, -0.1) is 0 Å². The number of oxazole rings is 1. The number of aryl methyl sites for hydroxylation is 1. The van der Waals surface area contributed by atoms with E-state index in [2.05, 4.69) is 4.98 Å². The fourth-order valence-corrected chi connectivity index (χ4v) is 2.28. The van der Waals surface area contributed by atoms with E-state index in [1.807, 2.05) is 60.7 Å². The minimum atomic E-state index is -0.827. The summed E-state index contributed by atoms with van der Waals surface area (Å²) in [6, 6.07) is 18.7. The lowest BCUT2D eigenvalue weighted by Crippen LogP contribution is -2.17. The Morgan fingerprint density at radius 1 is 0.960 bits per heavy atom. The number of Topliss-reactive ketones (excluding diaryl/α,β-unsaturated/α-hetero) is 1. The van der Waals surface area contributed by atoms with Crippen molar-refractivity contribution in [1.29, 1.82) is 0 Å². The molecule has 0 radical (unpaired) electrons. The van der Waals surface area contributed by atoms with Gasteiger partial charge in [0.25, 0.3) is 0 Å². The molecule has 3 rings (SSSR count). The van der Waals surface area contributed by atoms with E-state index in [-0.39, 0.29) is 13.0 Å². The summed E-state index contributed by atoms with van der Waals surface area (Å²) in [6.07, 6.45) is 1.90. The van der Waals surface area contributed by atoms with E-state index in [9.17, 15) is 9.59 Å². The first kappa shape index (κ1) is 16.6. The topological polar surface area (TPSA) is 69.4 Å². The van der Waals surface area contributed by atoms with Crippen molar-refractivity contribution in [2.24, 2.45) is 0 Å². The van der Waals surface area contributed by atoms with Crippen molar-refractivity contribution in [2.75, 3.05) is 0 Å². The van der Waals surface area contributed by atoms with Crippen LogP contribution in [0.3, 0.4) is 0 Å². The van der Waals surface area contributed by atoms with Crippen molar-refractivity contribution in [3.63, 3.8) is 0 Å². The lowest BCUT2D eigenvalue weighted by atomic mass is 10.2. The van der Waals surface area contributed by atoms with Gasteiger partial charge in [0, 0.05) is 18.4 Å². The van der Waals surface area contributed by atoms with Gasteiger partial charge in [-0.05, 0) is 17.7 Å². The SMILES string of the molecule is O=C(CCc1cnc(-c2ccccc2)o1)C(=O)OCc1ccccc1. The Labute approximate surface area is 145 Å². The van der Waals surface area contributed by atoms with Crippen LogP contribution < -0.4 is 0 Å². The summed E-state index contributed by atoms with van der Waals surface area (Å²) in [5.41, 5.74) is 1.70. The molecule has 1 heterocycles. The van der Waals surface area contributed by atoms with Gasteiger partial charge in [0.1, 0.15) is 12.4 Å². The third-order valence-electron chi connectivity index (χ3n) is 3.61. The highest BCUT2D eigenvalue weighted by Crippen LogP contribution is 2.19. The molecule has 0 bridgehead atoms. The van der Waals surface area contributed by atoms with Crippen molar-refractivity contribution in [2.45, 2.75) is 19.4 Å². The average molecular weight is 335 g/mol. The number of ether oxygens (including phenoxy) is 1. The molecule has 0 amide bonds. The molecule has 2 aromatic carbocycles. The quantitative estimate of drug-likeness (QED) is 0.487. The zero-order chi connectivity index (χ0) is 17.5. The predicted octanol–water partition coefficient (Wildman–Crippen LogP) is 3.59. The molecular formula is C20H17NO4. The van der Waals surface area contributed by atoms with E-state index in [0.29, 0.717) is 18.1 Å². The van der Waals surface area contributed by atoms with Crippen LogP contribution in [0.25, 0.3) is 11.5 Å². The Balaban J connectivity index is 1.49. The van der Waals surface area contributed by atoms with Crippen molar-refractivity contribution < 1.29 is 18.7 Å². The van der Waals surface area contributed by atoms with E-state index in [1.165, 1.54) is 0 Å². The molecule has 0 spiro atoms. The number of aromatic nitrogens is 1. The number of benzene rings is 2. The summed E-state index contributed by atoms with van der Waals surface area (Å²) in [4.78, 5) is 27.8. The van der Waals surface area contributed by atoms with Gasteiger partial charge in [-0.25, -0.2) is 9.78 Å². The Hall–Kier alpha value is -3.21. The number of carbonyl (C=O) groups excluding carboxylic acids is 2. The molecule has 0 aliphatic heterocycles. The molecule has 3 aromatic rings. The zero-order valence-corrected chi connectivity index (χ0v) is 13.6. The summed E-state index contributed by atoms with van der Waals surface area (Å²) in [6.45, 7) is 0.0892. The smallest absolute Gasteiger partial charge is 0.374 e. The van der Waals surface area contributed by atoms with Gasteiger partial charge >= 0.3 is 5.97 Å². The minimum Gasteiger partial charge on any atom is -0.455 e. The van der Waals surface area contributed by atoms with Crippen LogP contribution >= 0.6 is 0 Å². The Kier molecular flexibility index (Phi) is 5.36. The number of hydrogen-bond donors (Lipinski definition) is 0. The molecule has 0 N–H and O–H groups in total. The van der Waals surface area contributed by atoms with Gasteiger partial charge in [-0.1, -0.05) is 48.5 Å². The molecule has 126 valence electrons. The molecule has 5 nitrogen and oxygen atoms in total. The van der Waals surface area contributed by atoms with E-state index in [1.54, 1.807) is 6.20 Å². The number of ketones is 1.